The molecule has 2 amide bonds. The Morgan fingerprint density at radius 3 is 2.84 bits per heavy atom. The highest BCUT2D eigenvalue weighted by Crippen LogP contribution is 2.30. The molecule has 132 valence electrons. The molecule has 0 saturated carbocycles. The number of aryl methyl sites for hydroxylation is 1. The van der Waals surface area contributed by atoms with Crippen LogP contribution in [0.5, 0.6) is 11.5 Å². The van der Waals surface area contributed by atoms with Gasteiger partial charge >= 0.3 is 0 Å². The van der Waals surface area contributed by atoms with E-state index >= 15 is 0 Å². The molecular weight excluding hydrogens is 326 g/mol. The molecule has 2 aromatic rings. The molecule has 9 nitrogen and oxygen atoms in total. The summed E-state index contributed by atoms with van der Waals surface area (Å²) < 4.78 is 11.8. The summed E-state index contributed by atoms with van der Waals surface area (Å²) in [5.74, 6) is 1.46. The van der Waals surface area contributed by atoms with E-state index < -0.39 is 6.04 Å². The molecule has 1 aromatic carbocycles. The maximum absolute atomic E-state index is 12.4. The van der Waals surface area contributed by atoms with Crippen molar-refractivity contribution in [3.05, 3.63) is 24.0 Å². The van der Waals surface area contributed by atoms with Gasteiger partial charge < -0.3 is 14.8 Å². The monoisotopic (exact) mass is 345 g/mol. The van der Waals surface area contributed by atoms with Gasteiger partial charge in [0.15, 0.2) is 5.82 Å². The number of rotatable bonds is 6. The Balaban J connectivity index is 1.73. The standard InChI is InChI=1S/C16H19N5O4/c1-4-13-18-16-19-15(23)11(21(16)20-13)8-14(22)17-10-6-5-9(24-2)7-12(10)25-3/h5-7,11H,4,8H2,1-3H3,(H,17,22)(H,18,19,20,23). The molecule has 1 atom stereocenters. The molecule has 1 unspecified atom stereocenters. The number of ether oxygens (including phenoxy) is 2. The van der Waals surface area contributed by atoms with Gasteiger partial charge in [-0.1, -0.05) is 6.92 Å². The van der Waals surface area contributed by atoms with E-state index in [0.29, 0.717) is 35.4 Å². The number of nitrogens with zero attached hydrogens (tertiary/aromatic N) is 3. The summed E-state index contributed by atoms with van der Waals surface area (Å²) in [6, 6.07) is 4.34. The fourth-order valence-electron chi connectivity index (χ4n) is 2.58. The molecule has 0 saturated heterocycles. The van der Waals surface area contributed by atoms with Crippen LogP contribution in [0.3, 0.4) is 0 Å². The lowest BCUT2D eigenvalue weighted by molar-refractivity contribution is -0.123. The fraction of sp³-hybridized carbons (Fsp3) is 0.375. The summed E-state index contributed by atoms with van der Waals surface area (Å²) in [4.78, 5) is 28.6. The number of amides is 2. The van der Waals surface area contributed by atoms with Crippen LogP contribution in [0.15, 0.2) is 18.2 Å². The molecule has 1 aliphatic heterocycles. The highest BCUT2D eigenvalue weighted by molar-refractivity contribution is 6.01. The maximum Gasteiger partial charge on any atom is 0.252 e. The zero-order chi connectivity index (χ0) is 18.0. The van der Waals surface area contributed by atoms with Gasteiger partial charge in [-0.25, -0.2) is 4.68 Å². The first-order valence-corrected chi connectivity index (χ1v) is 7.83. The third kappa shape index (κ3) is 3.25. The van der Waals surface area contributed by atoms with Gasteiger partial charge in [-0.05, 0) is 12.1 Å². The van der Waals surface area contributed by atoms with Crippen LogP contribution >= 0.6 is 0 Å². The molecule has 2 heterocycles. The molecule has 0 bridgehead atoms. The molecule has 9 heteroatoms. The largest absolute Gasteiger partial charge is 0.497 e. The minimum Gasteiger partial charge on any atom is -0.497 e. The number of hydrogen-bond acceptors (Lipinski definition) is 6. The van der Waals surface area contributed by atoms with Crippen LogP contribution in [0.4, 0.5) is 11.6 Å². The van der Waals surface area contributed by atoms with Crippen molar-refractivity contribution in [2.24, 2.45) is 0 Å². The number of hydrogen-bond donors (Lipinski definition) is 2. The Labute approximate surface area is 144 Å². The second-order valence-corrected chi connectivity index (χ2v) is 5.47. The number of carbonyl (C=O) groups excluding carboxylic acids is 2. The van der Waals surface area contributed by atoms with Crippen molar-refractivity contribution in [1.82, 2.24) is 14.8 Å². The van der Waals surface area contributed by atoms with E-state index in [1.807, 2.05) is 6.92 Å². The van der Waals surface area contributed by atoms with Crippen molar-refractivity contribution in [3.63, 3.8) is 0 Å². The number of aromatic nitrogens is 3. The Morgan fingerprint density at radius 1 is 1.36 bits per heavy atom. The van der Waals surface area contributed by atoms with Crippen molar-refractivity contribution in [3.8, 4) is 11.5 Å². The number of fused-ring (bicyclic) bond motifs is 1. The average molecular weight is 345 g/mol. The molecule has 25 heavy (non-hydrogen) atoms. The van der Waals surface area contributed by atoms with Crippen molar-refractivity contribution in [2.75, 3.05) is 24.9 Å². The number of nitrogens with one attached hydrogen (secondary N) is 2. The fourth-order valence-corrected chi connectivity index (χ4v) is 2.58. The SMILES string of the molecule is CCc1nc2n(n1)C(CC(=O)Nc1ccc(OC)cc1OC)C(=O)N2. The van der Waals surface area contributed by atoms with Gasteiger partial charge in [-0.3, -0.25) is 14.9 Å². The lowest BCUT2D eigenvalue weighted by Crippen LogP contribution is -2.24. The van der Waals surface area contributed by atoms with Gasteiger partial charge in [0.1, 0.15) is 17.5 Å². The summed E-state index contributed by atoms with van der Waals surface area (Å²) in [5.41, 5.74) is 0.500. The first-order chi connectivity index (χ1) is 12.0. The van der Waals surface area contributed by atoms with Crippen molar-refractivity contribution in [1.29, 1.82) is 0 Å². The Bertz CT molecular complexity index is 817. The number of methoxy groups -OCH3 is 2. The predicted molar refractivity (Wildman–Crippen MR) is 89.9 cm³/mol. The van der Waals surface area contributed by atoms with Crippen LogP contribution in [-0.4, -0.2) is 40.8 Å². The average Bonchev–Trinajstić information content (AvgIpc) is 3.13. The summed E-state index contributed by atoms with van der Waals surface area (Å²) in [5, 5.41) is 9.65. The van der Waals surface area contributed by atoms with E-state index in [1.54, 1.807) is 25.3 Å². The summed E-state index contributed by atoms with van der Waals surface area (Å²) >= 11 is 0. The second kappa shape index (κ2) is 6.80. The van der Waals surface area contributed by atoms with E-state index in [4.69, 9.17) is 9.47 Å². The van der Waals surface area contributed by atoms with Crippen LogP contribution in [-0.2, 0) is 16.0 Å². The van der Waals surface area contributed by atoms with Gasteiger partial charge in [-0.15, -0.1) is 0 Å². The normalized spacial score (nSPS) is 15.5. The topological polar surface area (TPSA) is 107 Å². The quantitative estimate of drug-likeness (QED) is 0.819. The van der Waals surface area contributed by atoms with Crippen LogP contribution in [0, 0.1) is 0 Å². The predicted octanol–water partition coefficient (Wildman–Crippen LogP) is 1.38. The second-order valence-electron chi connectivity index (χ2n) is 5.47. The molecule has 0 aliphatic carbocycles. The molecule has 1 aliphatic rings. The Kier molecular flexibility index (Phi) is 4.55. The molecule has 0 fully saturated rings. The smallest absolute Gasteiger partial charge is 0.252 e. The van der Waals surface area contributed by atoms with E-state index in [0.717, 1.165) is 0 Å². The first kappa shape index (κ1) is 16.7. The molecule has 0 spiro atoms. The summed E-state index contributed by atoms with van der Waals surface area (Å²) in [6.45, 7) is 1.92. The Hall–Kier alpha value is -3.10. The lowest BCUT2D eigenvalue weighted by Gasteiger charge is -2.13. The van der Waals surface area contributed by atoms with E-state index in [2.05, 4.69) is 20.7 Å². The van der Waals surface area contributed by atoms with Crippen LogP contribution in [0.25, 0.3) is 0 Å². The number of anilines is 2. The molecule has 3 rings (SSSR count). The van der Waals surface area contributed by atoms with E-state index in [1.165, 1.54) is 11.8 Å². The highest BCUT2D eigenvalue weighted by atomic mass is 16.5. The zero-order valence-corrected chi connectivity index (χ0v) is 14.2. The Morgan fingerprint density at radius 2 is 2.16 bits per heavy atom. The minimum atomic E-state index is -0.716. The van der Waals surface area contributed by atoms with Crippen LogP contribution in [0.2, 0.25) is 0 Å². The lowest BCUT2D eigenvalue weighted by atomic mass is 10.2. The van der Waals surface area contributed by atoms with Gasteiger partial charge in [0.2, 0.25) is 11.9 Å². The van der Waals surface area contributed by atoms with Gasteiger partial charge in [0.05, 0.1) is 26.3 Å². The zero-order valence-electron chi connectivity index (χ0n) is 14.2. The van der Waals surface area contributed by atoms with Gasteiger partial charge in [0.25, 0.3) is 5.91 Å². The number of benzene rings is 1. The van der Waals surface area contributed by atoms with Crippen molar-refractivity contribution in [2.45, 2.75) is 25.8 Å². The molecular formula is C16H19N5O4. The maximum atomic E-state index is 12.4. The third-order valence-electron chi connectivity index (χ3n) is 3.89. The molecule has 0 radical (unpaired) electrons. The molecule has 2 N–H and O–H groups in total. The molecule has 1 aromatic heterocycles. The third-order valence-corrected chi connectivity index (χ3v) is 3.89. The number of carbonyl (C=O) groups is 2. The minimum absolute atomic E-state index is 0.0550. The van der Waals surface area contributed by atoms with Crippen LogP contribution < -0.4 is 20.1 Å². The highest BCUT2D eigenvalue weighted by Gasteiger charge is 2.34. The van der Waals surface area contributed by atoms with Crippen LogP contribution in [0.1, 0.15) is 25.2 Å². The summed E-state index contributed by atoms with van der Waals surface area (Å²) in [6.07, 6.45) is 0.596. The van der Waals surface area contributed by atoms with E-state index in [-0.39, 0.29) is 18.2 Å². The van der Waals surface area contributed by atoms with Gasteiger partial charge in [-0.2, -0.15) is 10.1 Å². The van der Waals surface area contributed by atoms with Crippen molar-refractivity contribution < 1.29 is 19.1 Å². The van der Waals surface area contributed by atoms with E-state index in [9.17, 15) is 9.59 Å². The summed E-state index contributed by atoms with van der Waals surface area (Å²) in [7, 11) is 3.05. The first-order valence-electron chi connectivity index (χ1n) is 7.83. The van der Waals surface area contributed by atoms with Crippen molar-refractivity contribution >= 4 is 23.5 Å². The van der Waals surface area contributed by atoms with Gasteiger partial charge in [0, 0.05) is 12.5 Å².